The summed E-state index contributed by atoms with van der Waals surface area (Å²) in [5.41, 5.74) is -0.388. The maximum absolute atomic E-state index is 11.8. The average Bonchev–Trinajstić information content (AvgIpc) is 2.63. The molecule has 1 aliphatic rings. The normalized spacial score (nSPS) is 27.3. The molecule has 0 spiro atoms. The number of aliphatic carboxylic acids is 1. The van der Waals surface area contributed by atoms with Gasteiger partial charge in [-0.15, -0.1) is 0 Å². The Morgan fingerprint density at radius 3 is 2.06 bits per heavy atom. The van der Waals surface area contributed by atoms with Crippen LogP contribution in [0.25, 0.3) is 0 Å². The van der Waals surface area contributed by atoms with Crippen molar-refractivity contribution in [2.45, 2.75) is 34.6 Å². The molecule has 0 heterocycles. The van der Waals surface area contributed by atoms with E-state index in [4.69, 9.17) is 5.11 Å². The first-order valence-corrected chi connectivity index (χ1v) is 5.58. The van der Waals surface area contributed by atoms with Gasteiger partial charge in [0.2, 0.25) is 5.91 Å². The van der Waals surface area contributed by atoms with Crippen LogP contribution in [0.1, 0.15) is 34.6 Å². The van der Waals surface area contributed by atoms with Gasteiger partial charge >= 0.3 is 5.97 Å². The number of carboxylic acid groups (broad SMARTS) is 1. The summed E-state index contributed by atoms with van der Waals surface area (Å²) in [6, 6.07) is 0. The second kappa shape index (κ2) is 3.75. The maximum Gasteiger partial charge on any atom is 0.307 e. The number of amides is 1. The van der Waals surface area contributed by atoms with E-state index in [0.717, 1.165) is 0 Å². The zero-order chi connectivity index (χ0) is 12.7. The van der Waals surface area contributed by atoms with Crippen molar-refractivity contribution in [3.8, 4) is 0 Å². The van der Waals surface area contributed by atoms with Crippen LogP contribution in [0.5, 0.6) is 0 Å². The quantitative estimate of drug-likeness (QED) is 0.768. The number of carbonyl (C=O) groups excluding carboxylic acids is 1. The van der Waals surface area contributed by atoms with Crippen molar-refractivity contribution in [1.29, 1.82) is 0 Å². The maximum atomic E-state index is 11.8. The van der Waals surface area contributed by atoms with Crippen molar-refractivity contribution < 1.29 is 14.7 Å². The van der Waals surface area contributed by atoms with Crippen molar-refractivity contribution in [2.75, 3.05) is 6.54 Å². The fourth-order valence-electron chi connectivity index (χ4n) is 2.05. The van der Waals surface area contributed by atoms with E-state index >= 15 is 0 Å². The van der Waals surface area contributed by atoms with Crippen LogP contribution in [-0.4, -0.2) is 23.5 Å². The largest absolute Gasteiger partial charge is 0.481 e. The Hall–Kier alpha value is -1.06. The molecule has 4 heteroatoms. The second-order valence-electron chi connectivity index (χ2n) is 6.39. The highest BCUT2D eigenvalue weighted by atomic mass is 16.4. The van der Waals surface area contributed by atoms with E-state index in [1.54, 1.807) is 0 Å². The van der Waals surface area contributed by atoms with Gasteiger partial charge < -0.3 is 10.4 Å². The van der Waals surface area contributed by atoms with Gasteiger partial charge in [-0.05, 0) is 10.8 Å². The molecule has 0 aromatic carbocycles. The lowest BCUT2D eigenvalue weighted by molar-refractivity contribution is -0.140. The smallest absolute Gasteiger partial charge is 0.307 e. The van der Waals surface area contributed by atoms with Gasteiger partial charge in [0.1, 0.15) is 0 Å². The van der Waals surface area contributed by atoms with Crippen LogP contribution in [0.15, 0.2) is 0 Å². The van der Waals surface area contributed by atoms with Crippen molar-refractivity contribution in [1.82, 2.24) is 5.32 Å². The molecule has 0 bridgehead atoms. The molecule has 0 aromatic heterocycles. The number of rotatable bonds is 3. The molecule has 0 aliphatic heterocycles. The van der Waals surface area contributed by atoms with Crippen molar-refractivity contribution in [3.05, 3.63) is 0 Å². The Balaban J connectivity index is 2.55. The van der Waals surface area contributed by atoms with Gasteiger partial charge in [-0.2, -0.15) is 0 Å². The molecule has 0 radical (unpaired) electrons. The third-order valence-electron chi connectivity index (χ3n) is 3.17. The van der Waals surface area contributed by atoms with Crippen LogP contribution in [-0.2, 0) is 9.59 Å². The minimum atomic E-state index is -0.874. The molecule has 0 aromatic rings. The van der Waals surface area contributed by atoms with Crippen molar-refractivity contribution >= 4 is 11.9 Å². The Bertz CT molecular complexity index is 315. The van der Waals surface area contributed by atoms with E-state index in [1.165, 1.54) is 0 Å². The van der Waals surface area contributed by atoms with Crippen LogP contribution in [0.2, 0.25) is 0 Å². The van der Waals surface area contributed by atoms with Crippen LogP contribution in [0.3, 0.4) is 0 Å². The number of nitrogens with one attached hydrogen (secondary N) is 1. The second-order valence-corrected chi connectivity index (χ2v) is 6.39. The monoisotopic (exact) mass is 227 g/mol. The Kier molecular flexibility index (Phi) is 3.05. The molecule has 1 saturated carbocycles. The van der Waals surface area contributed by atoms with Gasteiger partial charge in [0, 0.05) is 6.54 Å². The lowest BCUT2D eigenvalue weighted by Gasteiger charge is -2.18. The summed E-state index contributed by atoms with van der Waals surface area (Å²) in [6.07, 6.45) is 0. The fraction of sp³-hybridized carbons (Fsp3) is 0.833. The average molecular weight is 227 g/mol. The first-order chi connectivity index (χ1) is 7.07. The highest BCUT2D eigenvalue weighted by Gasteiger charge is 2.65. The minimum absolute atomic E-state index is 0.0212. The molecule has 92 valence electrons. The van der Waals surface area contributed by atoms with Crippen LogP contribution < -0.4 is 5.32 Å². The van der Waals surface area contributed by atoms with Gasteiger partial charge in [0.05, 0.1) is 11.8 Å². The minimum Gasteiger partial charge on any atom is -0.481 e. The lowest BCUT2D eigenvalue weighted by Crippen LogP contribution is -2.34. The lowest BCUT2D eigenvalue weighted by atomic mass is 9.97. The van der Waals surface area contributed by atoms with E-state index in [-0.39, 0.29) is 17.2 Å². The van der Waals surface area contributed by atoms with E-state index in [9.17, 15) is 9.59 Å². The first kappa shape index (κ1) is 13.0. The molecule has 1 aliphatic carbocycles. The number of hydrogen-bond donors (Lipinski definition) is 2. The van der Waals surface area contributed by atoms with Crippen LogP contribution in [0, 0.1) is 22.7 Å². The number of carbonyl (C=O) groups is 2. The van der Waals surface area contributed by atoms with E-state index in [1.807, 2.05) is 34.6 Å². The summed E-state index contributed by atoms with van der Waals surface area (Å²) in [4.78, 5) is 22.7. The first-order valence-electron chi connectivity index (χ1n) is 5.58. The van der Waals surface area contributed by atoms with E-state index < -0.39 is 17.3 Å². The number of hydrogen-bond acceptors (Lipinski definition) is 2. The summed E-state index contributed by atoms with van der Waals surface area (Å²) < 4.78 is 0. The molecule has 2 unspecified atom stereocenters. The third kappa shape index (κ3) is 2.54. The number of carboxylic acids is 1. The standard InChI is InChI=1S/C12H21NO3/c1-11(2,3)6-13-9(14)7-8(10(15)16)12(7,4)5/h7-8H,6H2,1-5H3,(H,13,14)(H,15,16). The molecule has 1 rings (SSSR count). The molecule has 0 saturated heterocycles. The molecular formula is C12H21NO3. The topological polar surface area (TPSA) is 66.4 Å². The highest BCUT2D eigenvalue weighted by molar-refractivity contribution is 5.91. The van der Waals surface area contributed by atoms with Gasteiger partial charge in [0.25, 0.3) is 0 Å². The van der Waals surface area contributed by atoms with Gasteiger partial charge in [-0.25, -0.2) is 0 Å². The van der Waals surface area contributed by atoms with Crippen LogP contribution >= 0.6 is 0 Å². The summed E-state index contributed by atoms with van der Waals surface area (Å²) in [5.74, 6) is -1.92. The Morgan fingerprint density at radius 1 is 1.25 bits per heavy atom. The molecular weight excluding hydrogens is 206 g/mol. The summed E-state index contributed by atoms with van der Waals surface area (Å²) >= 11 is 0. The predicted octanol–water partition coefficient (Wildman–Crippen LogP) is 1.51. The summed E-state index contributed by atoms with van der Waals surface area (Å²) in [6.45, 7) is 10.3. The molecule has 1 amide bonds. The Labute approximate surface area is 96.4 Å². The molecule has 4 nitrogen and oxygen atoms in total. The van der Waals surface area contributed by atoms with E-state index in [2.05, 4.69) is 5.32 Å². The molecule has 2 N–H and O–H groups in total. The molecule has 1 fully saturated rings. The van der Waals surface area contributed by atoms with Crippen molar-refractivity contribution in [2.24, 2.45) is 22.7 Å². The summed E-state index contributed by atoms with van der Waals surface area (Å²) in [5, 5.41) is 11.8. The van der Waals surface area contributed by atoms with Crippen molar-refractivity contribution in [3.63, 3.8) is 0 Å². The predicted molar refractivity (Wildman–Crippen MR) is 60.9 cm³/mol. The Morgan fingerprint density at radius 2 is 1.75 bits per heavy atom. The zero-order valence-electron chi connectivity index (χ0n) is 10.6. The third-order valence-corrected chi connectivity index (χ3v) is 3.17. The molecule has 16 heavy (non-hydrogen) atoms. The molecule has 2 atom stereocenters. The van der Waals surface area contributed by atoms with Gasteiger partial charge in [-0.3, -0.25) is 9.59 Å². The fourth-order valence-corrected chi connectivity index (χ4v) is 2.05. The van der Waals surface area contributed by atoms with E-state index in [0.29, 0.717) is 6.54 Å². The zero-order valence-corrected chi connectivity index (χ0v) is 10.6. The van der Waals surface area contributed by atoms with Gasteiger partial charge in [0.15, 0.2) is 0 Å². The highest BCUT2D eigenvalue weighted by Crippen LogP contribution is 2.58. The SMILES string of the molecule is CC(C)(C)CNC(=O)C1C(C(=O)O)C1(C)C. The van der Waals surface area contributed by atoms with Crippen LogP contribution in [0.4, 0.5) is 0 Å². The summed E-state index contributed by atoms with van der Waals surface area (Å²) in [7, 11) is 0. The van der Waals surface area contributed by atoms with Gasteiger partial charge in [-0.1, -0.05) is 34.6 Å².